The minimum Gasteiger partial charge on any atom is -0.313 e. The van der Waals surface area contributed by atoms with E-state index in [9.17, 15) is 8.78 Å². The van der Waals surface area contributed by atoms with E-state index in [1.165, 1.54) is 17.7 Å². The third-order valence-electron chi connectivity index (χ3n) is 2.23. The van der Waals surface area contributed by atoms with E-state index in [0.717, 1.165) is 25.6 Å². The molecule has 1 heterocycles. The first-order chi connectivity index (χ1) is 6.74. The van der Waals surface area contributed by atoms with Crippen molar-refractivity contribution >= 4 is 6.08 Å². The van der Waals surface area contributed by atoms with E-state index in [2.05, 4.69) is 5.32 Å². The smallest absolute Gasteiger partial charge is 0.126 e. The Morgan fingerprint density at radius 3 is 2.43 bits per heavy atom. The summed E-state index contributed by atoms with van der Waals surface area (Å²) in [6.07, 6.45) is 2.80. The molecule has 0 bridgehead atoms. The first-order valence-corrected chi connectivity index (χ1v) is 4.60. The molecular weight excluding hydrogens is 184 g/mol. The molecule has 0 unspecified atom stereocenters. The molecule has 0 aromatic heterocycles. The molecule has 0 spiro atoms. The molecule has 0 amide bonds. The van der Waals surface area contributed by atoms with Gasteiger partial charge in [-0.05, 0) is 30.7 Å². The van der Waals surface area contributed by atoms with Crippen LogP contribution in [-0.2, 0) is 0 Å². The Labute approximate surface area is 81.4 Å². The molecule has 14 heavy (non-hydrogen) atoms. The van der Waals surface area contributed by atoms with Gasteiger partial charge in [-0.3, -0.25) is 0 Å². The summed E-state index contributed by atoms with van der Waals surface area (Å²) in [6, 6.07) is 3.57. The van der Waals surface area contributed by atoms with E-state index >= 15 is 0 Å². The van der Waals surface area contributed by atoms with Gasteiger partial charge in [0.05, 0.1) is 0 Å². The summed E-state index contributed by atoms with van der Waals surface area (Å²) in [4.78, 5) is 0. The Balaban J connectivity index is 2.27. The molecule has 1 aliphatic rings. The summed E-state index contributed by atoms with van der Waals surface area (Å²) >= 11 is 0. The summed E-state index contributed by atoms with van der Waals surface area (Å²) in [5, 5.41) is 3.17. The Morgan fingerprint density at radius 1 is 1.14 bits per heavy atom. The summed E-state index contributed by atoms with van der Waals surface area (Å²) in [6.45, 7) is 1.77. The maximum atomic E-state index is 12.8. The molecule has 1 aromatic carbocycles. The third-order valence-corrected chi connectivity index (χ3v) is 2.23. The van der Waals surface area contributed by atoms with Crippen LogP contribution in [0, 0.1) is 11.6 Å². The first-order valence-electron chi connectivity index (χ1n) is 4.60. The molecule has 1 saturated heterocycles. The van der Waals surface area contributed by atoms with Crippen LogP contribution in [0.25, 0.3) is 6.08 Å². The predicted octanol–water partition coefficient (Wildman–Crippen LogP) is 2.34. The van der Waals surface area contributed by atoms with Crippen LogP contribution in [0.2, 0.25) is 0 Å². The summed E-state index contributed by atoms with van der Waals surface area (Å²) in [5.41, 5.74) is 1.79. The number of hydrogen-bond acceptors (Lipinski definition) is 1. The lowest BCUT2D eigenvalue weighted by Gasteiger charge is -1.98. The van der Waals surface area contributed by atoms with Crippen LogP contribution in [0.5, 0.6) is 0 Å². The standard InChI is InChI=1S/C11H11F2N/c12-10-4-9(5-11(13)6-10)3-8-1-2-14-7-8/h3-6,14H,1-2,7H2/b8-3-. The second-order valence-electron chi connectivity index (χ2n) is 3.43. The van der Waals surface area contributed by atoms with Gasteiger partial charge in [0.2, 0.25) is 0 Å². The van der Waals surface area contributed by atoms with Crippen molar-refractivity contribution in [3.05, 3.63) is 41.0 Å². The highest BCUT2D eigenvalue weighted by molar-refractivity contribution is 5.54. The molecule has 0 saturated carbocycles. The number of benzene rings is 1. The normalized spacial score (nSPS) is 19.1. The molecule has 1 fully saturated rings. The lowest BCUT2D eigenvalue weighted by molar-refractivity contribution is 0.583. The predicted molar refractivity (Wildman–Crippen MR) is 51.8 cm³/mol. The summed E-state index contributed by atoms with van der Waals surface area (Å²) in [5.74, 6) is -1.05. The number of halogens is 2. The van der Waals surface area contributed by atoms with Gasteiger partial charge in [-0.2, -0.15) is 0 Å². The van der Waals surface area contributed by atoms with Crippen molar-refractivity contribution in [1.29, 1.82) is 0 Å². The highest BCUT2D eigenvalue weighted by Gasteiger charge is 2.06. The zero-order chi connectivity index (χ0) is 9.97. The van der Waals surface area contributed by atoms with Crippen LogP contribution < -0.4 is 5.32 Å². The largest absolute Gasteiger partial charge is 0.313 e. The molecule has 1 aromatic rings. The van der Waals surface area contributed by atoms with Gasteiger partial charge in [0.1, 0.15) is 11.6 Å². The Bertz CT molecular complexity index is 343. The topological polar surface area (TPSA) is 12.0 Å². The molecule has 1 aliphatic heterocycles. The van der Waals surface area contributed by atoms with Crippen LogP contribution >= 0.6 is 0 Å². The van der Waals surface area contributed by atoms with Crippen molar-refractivity contribution in [2.24, 2.45) is 0 Å². The van der Waals surface area contributed by atoms with Crippen molar-refractivity contribution < 1.29 is 8.78 Å². The molecule has 0 aliphatic carbocycles. The fraction of sp³-hybridized carbons (Fsp3) is 0.273. The van der Waals surface area contributed by atoms with Gasteiger partial charge in [-0.1, -0.05) is 11.6 Å². The molecule has 0 atom stereocenters. The van der Waals surface area contributed by atoms with Gasteiger partial charge < -0.3 is 5.32 Å². The monoisotopic (exact) mass is 195 g/mol. The van der Waals surface area contributed by atoms with E-state index in [1.54, 1.807) is 0 Å². The third kappa shape index (κ3) is 2.17. The van der Waals surface area contributed by atoms with Gasteiger partial charge in [-0.25, -0.2) is 8.78 Å². The van der Waals surface area contributed by atoms with Gasteiger partial charge in [0, 0.05) is 12.6 Å². The van der Waals surface area contributed by atoms with E-state index in [0.29, 0.717) is 5.56 Å². The zero-order valence-electron chi connectivity index (χ0n) is 7.69. The van der Waals surface area contributed by atoms with Crippen LogP contribution in [0.3, 0.4) is 0 Å². The molecule has 1 N–H and O–H groups in total. The number of nitrogens with one attached hydrogen (secondary N) is 1. The lowest BCUT2D eigenvalue weighted by atomic mass is 10.1. The Kier molecular flexibility index (Phi) is 2.59. The molecular formula is C11H11F2N. The van der Waals surface area contributed by atoms with Gasteiger partial charge in [-0.15, -0.1) is 0 Å². The van der Waals surface area contributed by atoms with E-state index in [4.69, 9.17) is 0 Å². The SMILES string of the molecule is Fc1cc(F)cc(/C=C2/CCNC2)c1. The van der Waals surface area contributed by atoms with Crippen molar-refractivity contribution in [1.82, 2.24) is 5.32 Å². The highest BCUT2D eigenvalue weighted by Crippen LogP contribution is 2.15. The fourth-order valence-electron chi connectivity index (χ4n) is 1.60. The Morgan fingerprint density at radius 2 is 1.86 bits per heavy atom. The molecule has 0 radical (unpaired) electrons. The maximum absolute atomic E-state index is 12.8. The maximum Gasteiger partial charge on any atom is 0.126 e. The quantitative estimate of drug-likeness (QED) is 0.725. The summed E-state index contributed by atoms with van der Waals surface area (Å²) < 4.78 is 25.6. The summed E-state index contributed by atoms with van der Waals surface area (Å²) in [7, 11) is 0. The van der Waals surface area contributed by atoms with Crippen molar-refractivity contribution in [2.45, 2.75) is 6.42 Å². The molecule has 3 heteroatoms. The second-order valence-corrected chi connectivity index (χ2v) is 3.43. The average Bonchev–Trinajstić information content (AvgIpc) is 2.54. The zero-order valence-corrected chi connectivity index (χ0v) is 7.69. The van der Waals surface area contributed by atoms with E-state index in [-0.39, 0.29) is 0 Å². The fourth-order valence-corrected chi connectivity index (χ4v) is 1.60. The number of rotatable bonds is 1. The van der Waals surface area contributed by atoms with Crippen molar-refractivity contribution in [3.63, 3.8) is 0 Å². The van der Waals surface area contributed by atoms with Crippen LogP contribution in [-0.4, -0.2) is 13.1 Å². The van der Waals surface area contributed by atoms with Crippen LogP contribution in [0.15, 0.2) is 23.8 Å². The highest BCUT2D eigenvalue weighted by atomic mass is 19.1. The molecule has 1 nitrogen and oxygen atoms in total. The van der Waals surface area contributed by atoms with Crippen molar-refractivity contribution in [3.8, 4) is 0 Å². The van der Waals surface area contributed by atoms with E-state index < -0.39 is 11.6 Å². The average molecular weight is 195 g/mol. The van der Waals surface area contributed by atoms with Crippen LogP contribution in [0.4, 0.5) is 8.78 Å². The number of hydrogen-bond donors (Lipinski definition) is 1. The van der Waals surface area contributed by atoms with Gasteiger partial charge in [0.25, 0.3) is 0 Å². The van der Waals surface area contributed by atoms with Crippen LogP contribution in [0.1, 0.15) is 12.0 Å². The Hall–Kier alpha value is -1.22. The second kappa shape index (κ2) is 3.88. The van der Waals surface area contributed by atoms with Crippen molar-refractivity contribution in [2.75, 3.05) is 13.1 Å². The first kappa shape index (κ1) is 9.34. The van der Waals surface area contributed by atoms with E-state index in [1.807, 2.05) is 6.08 Å². The van der Waals surface area contributed by atoms with Gasteiger partial charge in [0.15, 0.2) is 0 Å². The minimum absolute atomic E-state index is 0.525. The minimum atomic E-state index is -0.525. The van der Waals surface area contributed by atoms with Gasteiger partial charge >= 0.3 is 0 Å². The molecule has 2 rings (SSSR count). The molecule has 74 valence electrons. The lowest BCUT2D eigenvalue weighted by Crippen LogP contribution is -2.04.